The minimum absolute atomic E-state index is 0.179. The summed E-state index contributed by atoms with van der Waals surface area (Å²) in [6.07, 6.45) is 1.61. The van der Waals surface area contributed by atoms with Gasteiger partial charge >= 0.3 is 0 Å². The van der Waals surface area contributed by atoms with E-state index in [1.807, 2.05) is 6.92 Å². The van der Waals surface area contributed by atoms with E-state index in [-0.39, 0.29) is 10.7 Å². The SMILES string of the molecule is CC1(C(=O)N2CCOC(C#N)C2)CCCS1. The van der Waals surface area contributed by atoms with Crippen LogP contribution in [0.1, 0.15) is 19.8 Å². The molecule has 5 heteroatoms. The fourth-order valence-electron chi connectivity index (χ4n) is 2.19. The molecule has 0 aliphatic carbocycles. The molecule has 0 aromatic heterocycles. The summed E-state index contributed by atoms with van der Waals surface area (Å²) in [5.74, 6) is 1.24. The van der Waals surface area contributed by atoms with E-state index < -0.39 is 6.10 Å². The first-order valence-corrected chi connectivity index (χ1v) is 6.59. The molecule has 88 valence electrons. The first-order chi connectivity index (χ1) is 7.65. The second kappa shape index (κ2) is 4.64. The van der Waals surface area contributed by atoms with Gasteiger partial charge in [0.2, 0.25) is 5.91 Å². The van der Waals surface area contributed by atoms with E-state index in [0.29, 0.717) is 19.7 Å². The van der Waals surface area contributed by atoms with Gasteiger partial charge in [0.15, 0.2) is 6.10 Å². The van der Waals surface area contributed by atoms with E-state index in [2.05, 4.69) is 6.07 Å². The first-order valence-electron chi connectivity index (χ1n) is 5.60. The molecular weight excluding hydrogens is 224 g/mol. The van der Waals surface area contributed by atoms with Gasteiger partial charge in [-0.15, -0.1) is 11.8 Å². The molecule has 0 N–H and O–H groups in total. The summed E-state index contributed by atoms with van der Waals surface area (Å²) in [5, 5.41) is 8.80. The number of carbonyl (C=O) groups is 1. The third kappa shape index (κ3) is 2.18. The highest BCUT2D eigenvalue weighted by atomic mass is 32.2. The van der Waals surface area contributed by atoms with Gasteiger partial charge in [0, 0.05) is 6.54 Å². The van der Waals surface area contributed by atoms with Crippen molar-refractivity contribution in [1.82, 2.24) is 4.90 Å². The number of nitrogens with zero attached hydrogens (tertiary/aromatic N) is 2. The molecule has 0 aromatic carbocycles. The quantitative estimate of drug-likeness (QED) is 0.687. The lowest BCUT2D eigenvalue weighted by atomic mass is 10.0. The molecule has 2 heterocycles. The van der Waals surface area contributed by atoms with Crippen molar-refractivity contribution in [3.05, 3.63) is 0 Å². The van der Waals surface area contributed by atoms with Crippen molar-refractivity contribution in [3.8, 4) is 6.07 Å². The van der Waals surface area contributed by atoms with Crippen molar-refractivity contribution >= 4 is 17.7 Å². The topological polar surface area (TPSA) is 53.3 Å². The van der Waals surface area contributed by atoms with Gasteiger partial charge in [-0.3, -0.25) is 4.79 Å². The number of hydrogen-bond acceptors (Lipinski definition) is 4. The molecule has 0 spiro atoms. The van der Waals surface area contributed by atoms with Crippen LogP contribution in [0.15, 0.2) is 0 Å². The van der Waals surface area contributed by atoms with Crippen LogP contribution in [0.5, 0.6) is 0 Å². The van der Waals surface area contributed by atoms with E-state index in [1.165, 1.54) is 0 Å². The lowest BCUT2D eigenvalue weighted by Crippen LogP contribution is -2.51. The van der Waals surface area contributed by atoms with Crippen molar-refractivity contribution in [3.63, 3.8) is 0 Å². The summed E-state index contributed by atoms with van der Waals surface area (Å²) in [7, 11) is 0. The highest BCUT2D eigenvalue weighted by Crippen LogP contribution is 2.39. The van der Waals surface area contributed by atoms with Crippen LogP contribution in [0.4, 0.5) is 0 Å². The zero-order valence-electron chi connectivity index (χ0n) is 9.44. The largest absolute Gasteiger partial charge is 0.360 e. The molecule has 16 heavy (non-hydrogen) atoms. The van der Waals surface area contributed by atoms with Gasteiger partial charge in [0.1, 0.15) is 0 Å². The molecule has 0 aromatic rings. The predicted molar refractivity (Wildman–Crippen MR) is 62.0 cm³/mol. The van der Waals surface area contributed by atoms with Crippen LogP contribution < -0.4 is 0 Å². The van der Waals surface area contributed by atoms with Crippen molar-refractivity contribution in [1.29, 1.82) is 5.26 Å². The molecule has 2 aliphatic rings. The fraction of sp³-hybridized carbons (Fsp3) is 0.818. The summed E-state index contributed by atoms with van der Waals surface area (Å²) >= 11 is 1.74. The van der Waals surface area contributed by atoms with Gasteiger partial charge in [-0.1, -0.05) is 0 Å². The molecule has 2 atom stereocenters. The van der Waals surface area contributed by atoms with E-state index in [1.54, 1.807) is 16.7 Å². The Hall–Kier alpha value is -0.730. The summed E-state index contributed by atoms with van der Waals surface area (Å²) in [6.45, 7) is 3.53. The smallest absolute Gasteiger partial charge is 0.238 e. The van der Waals surface area contributed by atoms with Crippen LogP contribution in [0.3, 0.4) is 0 Å². The lowest BCUT2D eigenvalue weighted by molar-refractivity contribution is -0.139. The van der Waals surface area contributed by atoms with Crippen molar-refractivity contribution in [2.45, 2.75) is 30.6 Å². The minimum Gasteiger partial charge on any atom is -0.360 e. The molecule has 0 bridgehead atoms. The summed E-state index contributed by atoms with van der Waals surface area (Å²) < 4.78 is 4.97. The highest BCUT2D eigenvalue weighted by molar-refractivity contribution is 8.01. The number of nitriles is 1. The van der Waals surface area contributed by atoms with Gasteiger partial charge in [-0.2, -0.15) is 5.26 Å². The summed E-state index contributed by atoms with van der Waals surface area (Å²) in [4.78, 5) is 14.1. The molecule has 0 radical (unpaired) electrons. The molecule has 2 saturated heterocycles. The number of hydrogen-bond donors (Lipinski definition) is 0. The van der Waals surface area contributed by atoms with Gasteiger partial charge in [0.25, 0.3) is 0 Å². The molecule has 4 nitrogen and oxygen atoms in total. The van der Waals surface area contributed by atoms with Crippen LogP contribution in [-0.2, 0) is 9.53 Å². The Morgan fingerprint density at radius 3 is 3.12 bits per heavy atom. The van der Waals surface area contributed by atoms with Crippen LogP contribution in [0.2, 0.25) is 0 Å². The van der Waals surface area contributed by atoms with Crippen molar-refractivity contribution in [2.24, 2.45) is 0 Å². The van der Waals surface area contributed by atoms with Crippen LogP contribution >= 0.6 is 11.8 Å². The predicted octanol–water partition coefficient (Wildman–Crippen LogP) is 1.02. The van der Waals surface area contributed by atoms with Gasteiger partial charge in [-0.05, 0) is 25.5 Å². The number of ether oxygens (including phenoxy) is 1. The zero-order chi connectivity index (χ0) is 11.6. The number of amides is 1. The molecule has 2 fully saturated rings. The molecule has 2 rings (SSSR count). The number of rotatable bonds is 1. The maximum absolute atomic E-state index is 12.3. The Labute approximate surface area is 99.9 Å². The Morgan fingerprint density at radius 1 is 1.69 bits per heavy atom. The zero-order valence-corrected chi connectivity index (χ0v) is 10.3. The highest BCUT2D eigenvalue weighted by Gasteiger charge is 2.41. The van der Waals surface area contributed by atoms with Gasteiger partial charge < -0.3 is 9.64 Å². The summed E-state index contributed by atoms with van der Waals surface area (Å²) in [6, 6.07) is 2.07. The maximum atomic E-state index is 12.3. The van der Waals surface area contributed by atoms with Crippen LogP contribution in [-0.4, -0.2) is 47.1 Å². The second-order valence-electron chi connectivity index (χ2n) is 4.42. The van der Waals surface area contributed by atoms with E-state index >= 15 is 0 Å². The fourth-order valence-corrected chi connectivity index (χ4v) is 3.47. The van der Waals surface area contributed by atoms with E-state index in [0.717, 1.165) is 18.6 Å². The Morgan fingerprint density at radius 2 is 2.50 bits per heavy atom. The first kappa shape index (κ1) is 11.7. The third-order valence-electron chi connectivity index (χ3n) is 3.17. The molecule has 1 amide bonds. The second-order valence-corrected chi connectivity index (χ2v) is 6.02. The molecule has 2 aliphatic heterocycles. The third-order valence-corrected chi connectivity index (χ3v) is 4.68. The van der Waals surface area contributed by atoms with E-state index in [4.69, 9.17) is 10.00 Å². The van der Waals surface area contributed by atoms with E-state index in [9.17, 15) is 4.79 Å². The lowest BCUT2D eigenvalue weighted by Gasteiger charge is -2.35. The van der Waals surface area contributed by atoms with Crippen LogP contribution in [0, 0.1) is 11.3 Å². The molecule has 0 saturated carbocycles. The molecular formula is C11H16N2O2S. The number of carbonyl (C=O) groups excluding carboxylic acids is 1. The Kier molecular flexibility index (Phi) is 3.41. The van der Waals surface area contributed by atoms with Gasteiger partial charge in [0.05, 0.1) is 24.0 Å². The Balaban J connectivity index is 2.01. The van der Waals surface area contributed by atoms with Crippen molar-refractivity contribution < 1.29 is 9.53 Å². The normalized spacial score (nSPS) is 34.8. The number of morpholine rings is 1. The monoisotopic (exact) mass is 240 g/mol. The average Bonchev–Trinajstić information content (AvgIpc) is 2.76. The van der Waals surface area contributed by atoms with Crippen molar-refractivity contribution in [2.75, 3.05) is 25.4 Å². The maximum Gasteiger partial charge on any atom is 0.238 e. The minimum atomic E-state index is -0.451. The average molecular weight is 240 g/mol. The number of thioether (sulfide) groups is 1. The standard InChI is InChI=1S/C11H16N2O2S/c1-11(3-2-6-16-11)10(14)13-4-5-15-9(7-12)8-13/h9H,2-6,8H2,1H3. The Bertz CT molecular complexity index is 320. The van der Waals surface area contributed by atoms with Crippen LogP contribution in [0.25, 0.3) is 0 Å². The molecule has 2 unspecified atom stereocenters. The van der Waals surface area contributed by atoms with Gasteiger partial charge in [-0.25, -0.2) is 0 Å². The summed E-state index contributed by atoms with van der Waals surface area (Å²) in [5.41, 5.74) is 0.